The molecule has 3 aromatic rings. The van der Waals surface area contributed by atoms with E-state index < -0.39 is 5.60 Å². The lowest BCUT2D eigenvalue weighted by Crippen LogP contribution is -2.26. The molecule has 21 heavy (non-hydrogen) atoms. The summed E-state index contributed by atoms with van der Waals surface area (Å²) in [6.45, 7) is 4.04. The van der Waals surface area contributed by atoms with Gasteiger partial charge in [0.1, 0.15) is 5.69 Å². The Balaban J connectivity index is 2.25. The third-order valence-corrected chi connectivity index (χ3v) is 3.64. The van der Waals surface area contributed by atoms with E-state index >= 15 is 0 Å². The average molecular weight is 346 g/mol. The van der Waals surface area contributed by atoms with Crippen LogP contribution >= 0.6 is 15.9 Å². The lowest BCUT2D eigenvalue weighted by Gasteiger charge is -2.20. The predicted molar refractivity (Wildman–Crippen MR) is 87.0 cm³/mol. The fourth-order valence-corrected chi connectivity index (χ4v) is 2.69. The Morgan fingerprint density at radius 3 is 2.71 bits per heavy atom. The van der Waals surface area contributed by atoms with E-state index in [0.717, 1.165) is 27.0 Å². The van der Waals surface area contributed by atoms with E-state index in [1.165, 1.54) is 0 Å². The second kappa shape index (κ2) is 5.24. The molecule has 0 aliphatic rings. The van der Waals surface area contributed by atoms with Crippen LogP contribution in [0.5, 0.6) is 0 Å². The van der Waals surface area contributed by atoms with Crippen LogP contribution < -0.4 is 0 Å². The zero-order valence-electron chi connectivity index (χ0n) is 11.9. The molecule has 0 fully saturated rings. The molecular weight excluding hydrogens is 330 g/mol. The minimum Gasteiger partial charge on any atom is -0.389 e. The molecule has 0 atom stereocenters. The van der Waals surface area contributed by atoms with Crippen molar-refractivity contribution in [3.63, 3.8) is 0 Å². The van der Waals surface area contributed by atoms with E-state index in [2.05, 4.69) is 25.9 Å². The normalized spacial score (nSPS) is 12.0. The summed E-state index contributed by atoms with van der Waals surface area (Å²) in [6, 6.07) is 11.7. The second-order valence-electron chi connectivity index (χ2n) is 5.68. The minimum atomic E-state index is -0.829. The fourth-order valence-electron chi connectivity index (χ4n) is 2.34. The van der Waals surface area contributed by atoms with Crippen molar-refractivity contribution >= 4 is 27.0 Å². The standard InChI is InChI=1S/C16H16BrN3O/c1-16(2,21)10-20-14-7-6-11(17)9-13(14)19-15(20)12-5-3-4-8-18-12/h3-9,21H,10H2,1-2H3. The number of fused-ring (bicyclic) bond motifs is 1. The van der Waals surface area contributed by atoms with Gasteiger partial charge in [-0.2, -0.15) is 0 Å². The molecule has 1 aromatic carbocycles. The number of rotatable bonds is 3. The lowest BCUT2D eigenvalue weighted by atomic mass is 10.1. The molecule has 3 rings (SSSR count). The predicted octanol–water partition coefficient (Wildman–Crippen LogP) is 3.63. The number of halogens is 1. The molecule has 0 unspecified atom stereocenters. The van der Waals surface area contributed by atoms with E-state index in [0.29, 0.717) is 6.54 Å². The van der Waals surface area contributed by atoms with Crippen molar-refractivity contribution in [1.82, 2.24) is 14.5 Å². The third-order valence-electron chi connectivity index (χ3n) is 3.15. The molecule has 0 saturated heterocycles. The van der Waals surface area contributed by atoms with Crippen LogP contribution in [0, 0.1) is 0 Å². The first-order valence-corrected chi connectivity index (χ1v) is 7.53. The van der Waals surface area contributed by atoms with Crippen molar-refractivity contribution in [3.8, 4) is 11.5 Å². The van der Waals surface area contributed by atoms with Gasteiger partial charge in [-0.15, -0.1) is 0 Å². The van der Waals surface area contributed by atoms with Gasteiger partial charge in [0.2, 0.25) is 0 Å². The van der Waals surface area contributed by atoms with Crippen LogP contribution in [0.3, 0.4) is 0 Å². The summed E-state index contributed by atoms with van der Waals surface area (Å²) in [4.78, 5) is 9.07. The summed E-state index contributed by atoms with van der Waals surface area (Å²) in [7, 11) is 0. The molecule has 0 bridgehead atoms. The van der Waals surface area contributed by atoms with Gasteiger partial charge in [0.05, 0.1) is 23.2 Å². The number of hydrogen-bond acceptors (Lipinski definition) is 3. The highest BCUT2D eigenvalue weighted by Crippen LogP contribution is 2.27. The van der Waals surface area contributed by atoms with Crippen LogP contribution in [-0.4, -0.2) is 25.2 Å². The van der Waals surface area contributed by atoms with Gasteiger partial charge in [-0.05, 0) is 44.2 Å². The third kappa shape index (κ3) is 2.99. The maximum atomic E-state index is 10.2. The van der Waals surface area contributed by atoms with Crippen LogP contribution in [0.4, 0.5) is 0 Å². The Hall–Kier alpha value is -1.72. The van der Waals surface area contributed by atoms with Crippen LogP contribution in [0.25, 0.3) is 22.6 Å². The van der Waals surface area contributed by atoms with Crippen molar-refractivity contribution in [2.45, 2.75) is 26.0 Å². The second-order valence-corrected chi connectivity index (χ2v) is 6.60. The van der Waals surface area contributed by atoms with Gasteiger partial charge in [0.25, 0.3) is 0 Å². The van der Waals surface area contributed by atoms with Crippen molar-refractivity contribution in [3.05, 3.63) is 47.1 Å². The zero-order chi connectivity index (χ0) is 15.0. The first-order valence-electron chi connectivity index (χ1n) is 6.74. The Bertz CT molecular complexity index is 775. The Morgan fingerprint density at radius 1 is 1.24 bits per heavy atom. The molecule has 0 saturated carbocycles. The maximum absolute atomic E-state index is 10.2. The van der Waals surface area contributed by atoms with E-state index in [9.17, 15) is 5.11 Å². The van der Waals surface area contributed by atoms with E-state index in [-0.39, 0.29) is 0 Å². The number of hydrogen-bond donors (Lipinski definition) is 1. The highest BCUT2D eigenvalue weighted by Gasteiger charge is 2.20. The number of benzene rings is 1. The van der Waals surface area contributed by atoms with Crippen LogP contribution in [0.2, 0.25) is 0 Å². The highest BCUT2D eigenvalue weighted by atomic mass is 79.9. The topological polar surface area (TPSA) is 50.9 Å². The largest absolute Gasteiger partial charge is 0.389 e. The first-order chi connectivity index (χ1) is 9.94. The first kappa shape index (κ1) is 14.2. The Morgan fingerprint density at radius 2 is 2.05 bits per heavy atom. The van der Waals surface area contributed by atoms with Crippen molar-refractivity contribution in [1.29, 1.82) is 0 Å². The van der Waals surface area contributed by atoms with Crippen LogP contribution in [0.1, 0.15) is 13.8 Å². The van der Waals surface area contributed by atoms with E-state index in [4.69, 9.17) is 0 Å². The molecule has 5 heteroatoms. The number of pyridine rings is 1. The Labute approximate surface area is 131 Å². The van der Waals surface area contributed by atoms with Gasteiger partial charge in [-0.3, -0.25) is 4.98 Å². The van der Waals surface area contributed by atoms with Gasteiger partial charge in [0, 0.05) is 10.7 Å². The highest BCUT2D eigenvalue weighted by molar-refractivity contribution is 9.10. The van der Waals surface area contributed by atoms with Crippen LogP contribution in [0.15, 0.2) is 47.1 Å². The van der Waals surface area contributed by atoms with E-state index in [1.54, 1.807) is 20.0 Å². The maximum Gasteiger partial charge on any atom is 0.159 e. The molecule has 108 valence electrons. The summed E-state index contributed by atoms with van der Waals surface area (Å²) < 4.78 is 3.00. The summed E-state index contributed by atoms with van der Waals surface area (Å²) in [5.41, 5.74) is 1.84. The number of aliphatic hydroxyl groups is 1. The average Bonchev–Trinajstić information content (AvgIpc) is 2.76. The molecule has 0 aliphatic carbocycles. The lowest BCUT2D eigenvalue weighted by molar-refractivity contribution is 0.0631. The van der Waals surface area contributed by atoms with E-state index in [1.807, 2.05) is 41.0 Å². The molecule has 0 amide bonds. The summed E-state index contributed by atoms with van der Waals surface area (Å²) in [5, 5.41) is 10.2. The smallest absolute Gasteiger partial charge is 0.159 e. The van der Waals surface area contributed by atoms with Gasteiger partial charge in [-0.1, -0.05) is 22.0 Å². The van der Waals surface area contributed by atoms with Gasteiger partial charge < -0.3 is 9.67 Å². The summed E-state index contributed by atoms with van der Waals surface area (Å²) in [6.07, 6.45) is 1.75. The molecule has 0 spiro atoms. The molecule has 0 radical (unpaired) electrons. The summed E-state index contributed by atoms with van der Waals surface area (Å²) >= 11 is 3.47. The van der Waals surface area contributed by atoms with Crippen molar-refractivity contribution in [2.75, 3.05) is 0 Å². The molecule has 2 aromatic heterocycles. The van der Waals surface area contributed by atoms with Gasteiger partial charge >= 0.3 is 0 Å². The Kier molecular flexibility index (Phi) is 3.55. The van der Waals surface area contributed by atoms with Gasteiger partial charge in [-0.25, -0.2) is 4.98 Å². The quantitative estimate of drug-likeness (QED) is 0.788. The summed E-state index contributed by atoms with van der Waals surface area (Å²) in [5.74, 6) is 0.769. The zero-order valence-corrected chi connectivity index (χ0v) is 13.5. The van der Waals surface area contributed by atoms with Crippen LogP contribution in [-0.2, 0) is 6.54 Å². The molecule has 4 nitrogen and oxygen atoms in total. The SMILES string of the molecule is CC(C)(O)Cn1c(-c2ccccn2)nc2cc(Br)ccc21. The molecule has 2 heterocycles. The molecule has 0 aliphatic heterocycles. The van der Waals surface area contributed by atoms with Crippen molar-refractivity contribution < 1.29 is 5.11 Å². The number of imidazole rings is 1. The monoisotopic (exact) mass is 345 g/mol. The van der Waals surface area contributed by atoms with Gasteiger partial charge in [0.15, 0.2) is 5.82 Å². The van der Waals surface area contributed by atoms with Crippen molar-refractivity contribution in [2.24, 2.45) is 0 Å². The minimum absolute atomic E-state index is 0.455. The molecular formula is C16H16BrN3O. The fraction of sp³-hybridized carbons (Fsp3) is 0.250. The number of nitrogens with zero attached hydrogens (tertiary/aromatic N) is 3. The number of aromatic nitrogens is 3. The molecule has 1 N–H and O–H groups in total.